The topological polar surface area (TPSA) is 62.3 Å². The number of carbonyl (C=O) groups excluding carboxylic acids is 2. The van der Waals surface area contributed by atoms with Gasteiger partial charge in [0, 0.05) is 31.9 Å². The highest BCUT2D eigenvalue weighted by atomic mass is 19.1. The first-order valence-electron chi connectivity index (χ1n) is 8.85. The van der Waals surface area contributed by atoms with Gasteiger partial charge in [-0.2, -0.15) is 0 Å². The molecule has 5 nitrogen and oxygen atoms in total. The molecule has 26 heavy (non-hydrogen) atoms. The molecule has 0 saturated carbocycles. The Bertz CT molecular complexity index is 767. The number of carbonyl (C=O) groups is 2. The van der Waals surface area contributed by atoms with Crippen LogP contribution in [0.3, 0.4) is 0 Å². The van der Waals surface area contributed by atoms with Gasteiger partial charge in [-0.3, -0.25) is 14.6 Å². The van der Waals surface area contributed by atoms with Crippen LogP contribution in [0.25, 0.3) is 0 Å². The fraction of sp³-hybridized carbons (Fsp3) is 0.350. The maximum Gasteiger partial charge on any atom is 0.252 e. The van der Waals surface area contributed by atoms with Crippen molar-refractivity contribution in [1.82, 2.24) is 15.2 Å². The smallest absolute Gasteiger partial charge is 0.252 e. The molecule has 1 aliphatic rings. The number of amides is 2. The molecule has 0 radical (unpaired) electrons. The second kappa shape index (κ2) is 8.56. The predicted octanol–water partition coefficient (Wildman–Crippen LogP) is 2.57. The van der Waals surface area contributed by atoms with Crippen molar-refractivity contribution in [2.45, 2.75) is 31.7 Å². The molecule has 1 atom stereocenters. The van der Waals surface area contributed by atoms with E-state index in [0.717, 1.165) is 18.4 Å². The summed E-state index contributed by atoms with van der Waals surface area (Å²) in [4.78, 5) is 30.4. The largest absolute Gasteiger partial charge is 0.350 e. The van der Waals surface area contributed by atoms with E-state index in [4.69, 9.17) is 0 Å². The van der Waals surface area contributed by atoms with Crippen LogP contribution in [-0.2, 0) is 11.2 Å². The van der Waals surface area contributed by atoms with E-state index in [1.807, 2.05) is 11.0 Å². The van der Waals surface area contributed by atoms with E-state index in [1.54, 1.807) is 24.4 Å². The standard InChI is InChI=1S/C20H22FN3O2/c21-17-7-3-5-15(11-17)12-18(24-10-2-1-8-19(24)25)14-23-20(26)16-6-4-9-22-13-16/h3-7,9,11,13,18H,1-2,8,10,12,14H2,(H,23,26)/t18-/m0/s1. The first-order chi connectivity index (χ1) is 12.6. The zero-order valence-corrected chi connectivity index (χ0v) is 14.5. The number of nitrogens with one attached hydrogen (secondary N) is 1. The minimum Gasteiger partial charge on any atom is -0.350 e. The van der Waals surface area contributed by atoms with Crippen molar-refractivity contribution in [3.63, 3.8) is 0 Å². The molecule has 3 rings (SSSR count). The third kappa shape index (κ3) is 4.65. The van der Waals surface area contributed by atoms with E-state index in [2.05, 4.69) is 10.3 Å². The van der Waals surface area contributed by atoms with Crippen molar-refractivity contribution in [3.05, 3.63) is 65.7 Å². The summed E-state index contributed by atoms with van der Waals surface area (Å²) in [5.74, 6) is -0.439. The maximum absolute atomic E-state index is 13.5. The SMILES string of the molecule is O=C(NC[C@H](Cc1cccc(F)c1)N1CCCCC1=O)c1cccnc1. The van der Waals surface area contributed by atoms with Gasteiger partial charge in [0.15, 0.2) is 0 Å². The molecule has 6 heteroatoms. The molecule has 1 saturated heterocycles. The quantitative estimate of drug-likeness (QED) is 0.866. The molecular weight excluding hydrogens is 333 g/mol. The van der Waals surface area contributed by atoms with Crippen molar-refractivity contribution in [2.24, 2.45) is 0 Å². The molecule has 2 heterocycles. The molecule has 0 spiro atoms. The van der Waals surface area contributed by atoms with E-state index < -0.39 is 0 Å². The van der Waals surface area contributed by atoms with Crippen molar-refractivity contribution in [3.8, 4) is 0 Å². The molecule has 1 aliphatic heterocycles. The molecular formula is C20H22FN3O2. The van der Waals surface area contributed by atoms with Crippen LogP contribution in [0, 0.1) is 5.82 Å². The second-order valence-corrected chi connectivity index (χ2v) is 6.48. The Morgan fingerprint density at radius 2 is 2.15 bits per heavy atom. The third-order valence-electron chi connectivity index (χ3n) is 4.58. The number of aromatic nitrogens is 1. The molecule has 136 valence electrons. The van der Waals surface area contributed by atoms with Gasteiger partial charge in [-0.25, -0.2) is 4.39 Å². The number of hydrogen-bond acceptors (Lipinski definition) is 3. The fourth-order valence-electron chi connectivity index (χ4n) is 3.25. The lowest BCUT2D eigenvalue weighted by Gasteiger charge is -2.35. The average Bonchev–Trinajstić information content (AvgIpc) is 2.66. The first kappa shape index (κ1) is 18.0. The van der Waals surface area contributed by atoms with Gasteiger partial charge in [0.1, 0.15) is 5.82 Å². The van der Waals surface area contributed by atoms with Gasteiger partial charge in [0.2, 0.25) is 5.91 Å². The lowest BCUT2D eigenvalue weighted by atomic mass is 10.0. The highest BCUT2D eigenvalue weighted by Gasteiger charge is 2.26. The number of pyridine rings is 1. The molecule has 1 fully saturated rings. The number of piperidine rings is 1. The molecule has 2 aromatic rings. The number of hydrogen-bond donors (Lipinski definition) is 1. The van der Waals surface area contributed by atoms with Crippen LogP contribution in [0.5, 0.6) is 0 Å². The van der Waals surface area contributed by atoms with Crippen molar-refractivity contribution < 1.29 is 14.0 Å². The Balaban J connectivity index is 1.72. The summed E-state index contributed by atoms with van der Waals surface area (Å²) in [6, 6.07) is 9.56. The molecule has 1 N–H and O–H groups in total. The van der Waals surface area contributed by atoms with E-state index in [0.29, 0.717) is 31.5 Å². The number of likely N-dealkylation sites (tertiary alicyclic amines) is 1. The molecule has 0 aliphatic carbocycles. The van der Waals surface area contributed by atoms with Gasteiger partial charge in [-0.15, -0.1) is 0 Å². The number of rotatable bonds is 6. The molecule has 1 aromatic heterocycles. The monoisotopic (exact) mass is 355 g/mol. The summed E-state index contributed by atoms with van der Waals surface area (Å²) in [5, 5.41) is 2.89. The van der Waals surface area contributed by atoms with E-state index >= 15 is 0 Å². The maximum atomic E-state index is 13.5. The van der Waals surface area contributed by atoms with E-state index in [1.165, 1.54) is 18.3 Å². The van der Waals surface area contributed by atoms with Gasteiger partial charge in [-0.1, -0.05) is 12.1 Å². The van der Waals surface area contributed by atoms with Gasteiger partial charge in [0.25, 0.3) is 5.91 Å². The van der Waals surface area contributed by atoms with Crippen molar-refractivity contribution in [1.29, 1.82) is 0 Å². The summed E-state index contributed by atoms with van der Waals surface area (Å²) in [7, 11) is 0. The molecule has 1 aromatic carbocycles. The van der Waals surface area contributed by atoms with Crippen LogP contribution in [-0.4, -0.2) is 40.8 Å². The zero-order valence-electron chi connectivity index (χ0n) is 14.5. The number of halogens is 1. The van der Waals surface area contributed by atoms with Crippen LogP contribution >= 0.6 is 0 Å². The van der Waals surface area contributed by atoms with Crippen molar-refractivity contribution in [2.75, 3.05) is 13.1 Å². The Morgan fingerprint density at radius 1 is 1.27 bits per heavy atom. The van der Waals surface area contributed by atoms with E-state index in [9.17, 15) is 14.0 Å². The summed E-state index contributed by atoms with van der Waals surface area (Å²) in [5.41, 5.74) is 1.28. The predicted molar refractivity (Wildman–Crippen MR) is 96.0 cm³/mol. The Hall–Kier alpha value is -2.76. The Morgan fingerprint density at radius 3 is 2.88 bits per heavy atom. The third-order valence-corrected chi connectivity index (χ3v) is 4.58. The lowest BCUT2D eigenvalue weighted by molar-refractivity contribution is -0.135. The Kier molecular flexibility index (Phi) is 5.94. The van der Waals surface area contributed by atoms with Gasteiger partial charge in [0.05, 0.1) is 11.6 Å². The van der Waals surface area contributed by atoms with Crippen LogP contribution in [0.15, 0.2) is 48.8 Å². The highest BCUT2D eigenvalue weighted by Crippen LogP contribution is 2.17. The summed E-state index contributed by atoms with van der Waals surface area (Å²) < 4.78 is 13.5. The average molecular weight is 355 g/mol. The number of benzene rings is 1. The van der Waals surface area contributed by atoms with Crippen LogP contribution in [0.1, 0.15) is 35.2 Å². The minimum absolute atomic E-state index is 0.0910. The minimum atomic E-state index is -0.300. The summed E-state index contributed by atoms with van der Waals surface area (Å²) in [6.07, 6.45) is 5.97. The van der Waals surface area contributed by atoms with Crippen LogP contribution in [0.2, 0.25) is 0 Å². The normalized spacial score (nSPS) is 15.6. The second-order valence-electron chi connectivity index (χ2n) is 6.48. The summed E-state index contributed by atoms with van der Waals surface area (Å²) in [6.45, 7) is 0.984. The summed E-state index contributed by atoms with van der Waals surface area (Å²) >= 11 is 0. The van der Waals surface area contributed by atoms with Gasteiger partial charge >= 0.3 is 0 Å². The zero-order chi connectivity index (χ0) is 18.4. The van der Waals surface area contributed by atoms with E-state index in [-0.39, 0.29) is 23.7 Å². The molecule has 2 amide bonds. The molecule has 0 unspecified atom stereocenters. The van der Waals surface area contributed by atoms with Crippen LogP contribution in [0.4, 0.5) is 4.39 Å². The lowest BCUT2D eigenvalue weighted by Crippen LogP contribution is -2.50. The van der Waals surface area contributed by atoms with Crippen molar-refractivity contribution >= 4 is 11.8 Å². The van der Waals surface area contributed by atoms with Gasteiger partial charge < -0.3 is 10.2 Å². The Labute approximate surface area is 152 Å². The fourth-order valence-corrected chi connectivity index (χ4v) is 3.25. The highest BCUT2D eigenvalue weighted by molar-refractivity contribution is 5.93. The number of nitrogens with zero attached hydrogens (tertiary/aromatic N) is 2. The van der Waals surface area contributed by atoms with Gasteiger partial charge in [-0.05, 0) is 49.1 Å². The first-order valence-corrected chi connectivity index (χ1v) is 8.85. The van der Waals surface area contributed by atoms with Crippen LogP contribution < -0.4 is 5.32 Å². The molecule has 0 bridgehead atoms.